The van der Waals surface area contributed by atoms with Crippen molar-refractivity contribution in [1.82, 2.24) is 10.2 Å². The van der Waals surface area contributed by atoms with Gasteiger partial charge in [-0.3, -0.25) is 14.4 Å². The lowest BCUT2D eigenvalue weighted by Gasteiger charge is -2.19. The van der Waals surface area contributed by atoms with E-state index in [0.717, 1.165) is 5.56 Å². The van der Waals surface area contributed by atoms with Crippen LogP contribution in [0.4, 0.5) is 5.69 Å². The Balaban J connectivity index is 1.81. The van der Waals surface area contributed by atoms with E-state index < -0.39 is 0 Å². The highest BCUT2D eigenvalue weighted by Gasteiger charge is 2.14. The van der Waals surface area contributed by atoms with Crippen molar-refractivity contribution >= 4 is 23.4 Å². The maximum atomic E-state index is 12.2. The van der Waals surface area contributed by atoms with Gasteiger partial charge in [-0.2, -0.15) is 0 Å². The van der Waals surface area contributed by atoms with Gasteiger partial charge in [0.2, 0.25) is 5.91 Å². The standard InChI is InChI=1S/C23H29N3O4/c1-23(2,3)17-8-6-16(7-9-17)22(29)24-14-20(27)25-18-10-12-19(13-11-18)30-15-21(28)26(4)5/h6-13H,14-15H2,1-5H3,(H,24,29)(H,25,27). The number of anilines is 1. The maximum Gasteiger partial charge on any atom is 0.259 e. The van der Waals surface area contributed by atoms with E-state index >= 15 is 0 Å². The number of carbonyl (C=O) groups is 3. The summed E-state index contributed by atoms with van der Waals surface area (Å²) in [6, 6.07) is 14.0. The van der Waals surface area contributed by atoms with Gasteiger partial charge in [-0.05, 0) is 47.4 Å². The monoisotopic (exact) mass is 411 g/mol. The van der Waals surface area contributed by atoms with Crippen LogP contribution in [-0.4, -0.2) is 49.9 Å². The van der Waals surface area contributed by atoms with E-state index in [9.17, 15) is 14.4 Å². The quantitative estimate of drug-likeness (QED) is 0.733. The number of ether oxygens (including phenoxy) is 1. The second-order valence-corrected chi connectivity index (χ2v) is 8.16. The molecule has 0 bridgehead atoms. The topological polar surface area (TPSA) is 87.7 Å². The fourth-order valence-corrected chi connectivity index (χ4v) is 2.50. The number of likely N-dealkylation sites (N-methyl/N-ethyl adjacent to an activating group) is 1. The van der Waals surface area contributed by atoms with E-state index in [-0.39, 0.29) is 36.3 Å². The molecule has 2 rings (SSSR count). The molecule has 7 heteroatoms. The van der Waals surface area contributed by atoms with Crippen LogP contribution in [0.25, 0.3) is 0 Å². The number of amides is 3. The lowest BCUT2D eigenvalue weighted by molar-refractivity contribution is -0.130. The van der Waals surface area contributed by atoms with Crippen LogP contribution in [0.15, 0.2) is 48.5 Å². The Hall–Kier alpha value is -3.35. The lowest BCUT2D eigenvalue weighted by atomic mass is 9.87. The third-order valence-corrected chi connectivity index (χ3v) is 4.42. The molecule has 0 aliphatic heterocycles. The Bertz CT molecular complexity index is 882. The Kier molecular flexibility index (Phi) is 7.58. The molecule has 2 aromatic carbocycles. The molecule has 0 saturated heterocycles. The van der Waals surface area contributed by atoms with Crippen molar-refractivity contribution in [2.24, 2.45) is 0 Å². The molecule has 0 aliphatic carbocycles. The highest BCUT2D eigenvalue weighted by molar-refractivity contribution is 5.99. The fraction of sp³-hybridized carbons (Fsp3) is 0.348. The molecule has 7 nitrogen and oxygen atoms in total. The molecule has 30 heavy (non-hydrogen) atoms. The normalized spacial score (nSPS) is 10.8. The molecular formula is C23H29N3O4. The summed E-state index contributed by atoms with van der Waals surface area (Å²) in [5.74, 6) is -0.266. The molecule has 0 fully saturated rings. The van der Waals surface area contributed by atoms with Gasteiger partial charge in [-0.15, -0.1) is 0 Å². The third-order valence-electron chi connectivity index (χ3n) is 4.42. The van der Waals surface area contributed by atoms with E-state index in [2.05, 4.69) is 31.4 Å². The Labute approximate surface area is 177 Å². The highest BCUT2D eigenvalue weighted by Crippen LogP contribution is 2.22. The minimum Gasteiger partial charge on any atom is -0.484 e. The van der Waals surface area contributed by atoms with E-state index in [1.807, 2.05) is 12.1 Å². The summed E-state index contributed by atoms with van der Waals surface area (Å²) in [6.07, 6.45) is 0. The predicted octanol–water partition coefficient (Wildman–Crippen LogP) is 2.82. The first-order valence-electron chi connectivity index (χ1n) is 9.68. The van der Waals surface area contributed by atoms with Gasteiger partial charge in [-0.25, -0.2) is 0 Å². The van der Waals surface area contributed by atoms with E-state index in [1.165, 1.54) is 4.90 Å². The second kappa shape index (κ2) is 9.91. The van der Waals surface area contributed by atoms with Gasteiger partial charge in [0.15, 0.2) is 6.61 Å². The maximum absolute atomic E-state index is 12.2. The van der Waals surface area contributed by atoms with Crippen LogP contribution in [0.1, 0.15) is 36.7 Å². The first-order valence-corrected chi connectivity index (χ1v) is 9.68. The minimum absolute atomic E-state index is 0.0113. The van der Waals surface area contributed by atoms with Crippen LogP contribution < -0.4 is 15.4 Å². The van der Waals surface area contributed by atoms with Crippen molar-refractivity contribution in [1.29, 1.82) is 0 Å². The number of hydrogen-bond donors (Lipinski definition) is 2. The average Bonchev–Trinajstić information content (AvgIpc) is 2.70. The summed E-state index contributed by atoms with van der Waals surface area (Å²) in [5.41, 5.74) is 2.21. The Morgan fingerprint density at radius 2 is 1.53 bits per heavy atom. The van der Waals surface area contributed by atoms with Crippen LogP contribution >= 0.6 is 0 Å². The van der Waals surface area contributed by atoms with Crippen LogP contribution in [0.5, 0.6) is 5.75 Å². The molecule has 0 atom stereocenters. The number of benzene rings is 2. The molecule has 0 saturated carbocycles. The first-order chi connectivity index (χ1) is 14.1. The molecule has 2 aromatic rings. The van der Waals surface area contributed by atoms with Gasteiger partial charge < -0.3 is 20.3 Å². The van der Waals surface area contributed by atoms with E-state index in [4.69, 9.17) is 4.74 Å². The molecule has 0 unspecified atom stereocenters. The molecule has 0 spiro atoms. The van der Waals surface area contributed by atoms with Gasteiger partial charge in [0, 0.05) is 25.3 Å². The summed E-state index contributed by atoms with van der Waals surface area (Å²) in [5, 5.41) is 5.32. The van der Waals surface area contributed by atoms with Crippen molar-refractivity contribution in [3.05, 3.63) is 59.7 Å². The summed E-state index contributed by atoms with van der Waals surface area (Å²) < 4.78 is 5.39. The summed E-state index contributed by atoms with van der Waals surface area (Å²) in [4.78, 5) is 37.3. The van der Waals surface area contributed by atoms with Crippen LogP contribution in [0.3, 0.4) is 0 Å². The Morgan fingerprint density at radius 1 is 0.933 bits per heavy atom. The van der Waals surface area contributed by atoms with Crippen LogP contribution in [-0.2, 0) is 15.0 Å². The molecule has 0 heterocycles. The smallest absolute Gasteiger partial charge is 0.259 e. The Morgan fingerprint density at radius 3 is 2.07 bits per heavy atom. The zero-order valence-electron chi connectivity index (χ0n) is 18.1. The van der Waals surface area contributed by atoms with Crippen molar-refractivity contribution in [2.45, 2.75) is 26.2 Å². The molecule has 0 radical (unpaired) electrons. The summed E-state index contributed by atoms with van der Waals surface area (Å²) in [6.45, 7) is 6.12. The van der Waals surface area contributed by atoms with Crippen LogP contribution in [0, 0.1) is 0 Å². The van der Waals surface area contributed by atoms with Gasteiger partial charge in [0.25, 0.3) is 11.8 Å². The number of hydrogen-bond acceptors (Lipinski definition) is 4. The molecule has 0 aromatic heterocycles. The molecule has 0 aliphatic rings. The predicted molar refractivity (Wildman–Crippen MR) is 117 cm³/mol. The van der Waals surface area contributed by atoms with Crippen LogP contribution in [0.2, 0.25) is 0 Å². The number of carbonyl (C=O) groups excluding carboxylic acids is 3. The number of nitrogens with zero attached hydrogens (tertiary/aromatic N) is 1. The highest BCUT2D eigenvalue weighted by atomic mass is 16.5. The zero-order valence-corrected chi connectivity index (χ0v) is 18.1. The minimum atomic E-state index is -0.342. The summed E-state index contributed by atoms with van der Waals surface area (Å²) >= 11 is 0. The van der Waals surface area contributed by atoms with E-state index in [1.54, 1.807) is 50.5 Å². The molecule has 2 N–H and O–H groups in total. The fourth-order valence-electron chi connectivity index (χ4n) is 2.50. The molecular weight excluding hydrogens is 382 g/mol. The molecule has 3 amide bonds. The van der Waals surface area contributed by atoms with E-state index in [0.29, 0.717) is 17.0 Å². The van der Waals surface area contributed by atoms with Crippen molar-refractivity contribution in [2.75, 3.05) is 32.6 Å². The molecule has 160 valence electrons. The van der Waals surface area contributed by atoms with Crippen molar-refractivity contribution in [3.8, 4) is 5.75 Å². The lowest BCUT2D eigenvalue weighted by Crippen LogP contribution is -2.32. The van der Waals surface area contributed by atoms with Crippen molar-refractivity contribution < 1.29 is 19.1 Å². The second-order valence-electron chi connectivity index (χ2n) is 8.16. The zero-order chi connectivity index (χ0) is 22.3. The van der Waals surface area contributed by atoms with Gasteiger partial charge >= 0.3 is 0 Å². The third kappa shape index (κ3) is 6.92. The SMILES string of the molecule is CN(C)C(=O)COc1ccc(NC(=O)CNC(=O)c2ccc(C(C)(C)C)cc2)cc1. The largest absolute Gasteiger partial charge is 0.484 e. The average molecular weight is 412 g/mol. The number of nitrogens with one attached hydrogen (secondary N) is 2. The van der Waals surface area contributed by atoms with Crippen molar-refractivity contribution in [3.63, 3.8) is 0 Å². The number of rotatable bonds is 7. The summed E-state index contributed by atoms with van der Waals surface area (Å²) in [7, 11) is 3.31. The first kappa shape index (κ1) is 22.9. The van der Waals surface area contributed by atoms with Gasteiger partial charge in [0.1, 0.15) is 5.75 Å². The van der Waals surface area contributed by atoms with Gasteiger partial charge in [-0.1, -0.05) is 32.9 Å². The van der Waals surface area contributed by atoms with Gasteiger partial charge in [0.05, 0.1) is 6.54 Å².